The second-order valence-corrected chi connectivity index (χ2v) is 5.96. The van der Waals surface area contributed by atoms with Gasteiger partial charge in [-0.05, 0) is 47.5 Å². The molecule has 0 aliphatic rings. The highest BCUT2D eigenvalue weighted by Gasteiger charge is 2.09. The molecule has 0 aliphatic heterocycles. The van der Waals surface area contributed by atoms with E-state index in [1.807, 2.05) is 0 Å². The molecule has 0 radical (unpaired) electrons. The van der Waals surface area contributed by atoms with E-state index < -0.39 is 40.6 Å². The van der Waals surface area contributed by atoms with Crippen LogP contribution in [0.25, 0.3) is 18.2 Å². The number of halogens is 5. The van der Waals surface area contributed by atoms with Crippen molar-refractivity contribution in [1.29, 1.82) is 0 Å². The van der Waals surface area contributed by atoms with Gasteiger partial charge in [-0.15, -0.1) is 0 Å². The second kappa shape index (κ2) is 11.9. The summed E-state index contributed by atoms with van der Waals surface area (Å²) in [5.41, 5.74) is 1.05. The fraction of sp³-hybridized carbons (Fsp3) is 0. The highest BCUT2D eigenvalue weighted by atomic mass is 19.2. The highest BCUT2D eigenvalue weighted by molar-refractivity contribution is 5.51. The molecule has 3 aromatic carbocycles. The third-order valence-electron chi connectivity index (χ3n) is 3.79. The lowest BCUT2D eigenvalue weighted by Gasteiger charge is -1.98. The van der Waals surface area contributed by atoms with Gasteiger partial charge in [0.15, 0.2) is 40.5 Å². The molecule has 0 spiro atoms. The first kappa shape index (κ1) is 26.0. The van der Waals surface area contributed by atoms with E-state index in [1.54, 1.807) is 12.1 Å². The van der Waals surface area contributed by atoms with E-state index in [0.29, 0.717) is 11.1 Å². The molecule has 0 aromatic heterocycles. The van der Waals surface area contributed by atoms with Gasteiger partial charge in [0.1, 0.15) is 0 Å². The minimum absolute atomic E-state index is 0.0419. The molecule has 3 aromatic rings. The Hall–Kier alpha value is -4.07. The average molecular weight is 450 g/mol. The predicted molar refractivity (Wildman–Crippen MR) is 114 cm³/mol. The molecule has 0 fully saturated rings. The van der Waals surface area contributed by atoms with Gasteiger partial charge < -0.3 is 15.3 Å². The molecule has 0 unspecified atom stereocenters. The van der Waals surface area contributed by atoms with Crippen LogP contribution in [0.1, 0.15) is 16.7 Å². The van der Waals surface area contributed by atoms with Crippen molar-refractivity contribution in [3.8, 4) is 17.2 Å². The molecule has 3 nitrogen and oxygen atoms in total. The summed E-state index contributed by atoms with van der Waals surface area (Å²) >= 11 is 0. The van der Waals surface area contributed by atoms with Gasteiger partial charge in [-0.2, -0.15) is 4.39 Å². The minimum atomic E-state index is -1.23. The Labute approximate surface area is 181 Å². The molecule has 8 heteroatoms. The summed E-state index contributed by atoms with van der Waals surface area (Å²) in [5, 5.41) is 26.1. The van der Waals surface area contributed by atoms with Crippen LogP contribution in [-0.2, 0) is 0 Å². The zero-order valence-electron chi connectivity index (χ0n) is 16.6. The van der Waals surface area contributed by atoms with Gasteiger partial charge in [-0.25, -0.2) is 17.6 Å². The standard InChI is InChI=1S/2C8H6F2O.C8H7FO/c1-2-5-3-6(9)8(11)7(10)4-5;1-2-5-3-4-6(11)8(10)7(5)9;1-2-6-3-4-7(9)8(10)5-6/h2*2-4,11H,1H2;2-5,10H,1H2. The summed E-state index contributed by atoms with van der Waals surface area (Å²) in [5.74, 6) is -6.83. The quantitative estimate of drug-likeness (QED) is 0.385. The monoisotopic (exact) mass is 450 g/mol. The van der Waals surface area contributed by atoms with Gasteiger partial charge in [0.25, 0.3) is 0 Å². The summed E-state index contributed by atoms with van der Waals surface area (Å²) < 4.78 is 62.5. The summed E-state index contributed by atoms with van der Waals surface area (Å²) in [4.78, 5) is 0. The highest BCUT2D eigenvalue weighted by Crippen LogP contribution is 2.22. The topological polar surface area (TPSA) is 60.7 Å². The molecule has 32 heavy (non-hydrogen) atoms. The van der Waals surface area contributed by atoms with E-state index >= 15 is 0 Å². The van der Waals surface area contributed by atoms with Gasteiger partial charge in [-0.1, -0.05) is 44.0 Å². The summed E-state index contributed by atoms with van der Waals surface area (Å²) in [6, 6.07) is 8.41. The Balaban J connectivity index is 0.000000240. The van der Waals surface area contributed by atoms with Crippen molar-refractivity contribution in [2.24, 2.45) is 0 Å². The molecule has 0 saturated carbocycles. The molecule has 3 rings (SSSR count). The van der Waals surface area contributed by atoms with Crippen molar-refractivity contribution in [2.45, 2.75) is 0 Å². The Morgan fingerprint density at radius 3 is 1.59 bits per heavy atom. The van der Waals surface area contributed by atoms with Crippen LogP contribution in [-0.4, -0.2) is 15.3 Å². The van der Waals surface area contributed by atoms with Crippen molar-refractivity contribution in [2.75, 3.05) is 0 Å². The zero-order chi connectivity index (χ0) is 24.4. The number of rotatable bonds is 3. The van der Waals surface area contributed by atoms with E-state index in [2.05, 4.69) is 19.7 Å². The van der Waals surface area contributed by atoms with Crippen LogP contribution in [0.2, 0.25) is 0 Å². The van der Waals surface area contributed by atoms with Crippen LogP contribution in [0.5, 0.6) is 17.2 Å². The molecular formula is C24H19F5O3. The molecule has 0 atom stereocenters. The van der Waals surface area contributed by atoms with Gasteiger partial charge in [0, 0.05) is 5.56 Å². The number of phenolic OH excluding ortho intramolecular Hbond substituents is 3. The molecule has 0 amide bonds. The average Bonchev–Trinajstić information content (AvgIpc) is 2.78. The summed E-state index contributed by atoms with van der Waals surface area (Å²) in [6.45, 7) is 10.1. The maximum Gasteiger partial charge on any atom is 0.200 e. The second-order valence-electron chi connectivity index (χ2n) is 5.96. The van der Waals surface area contributed by atoms with Crippen molar-refractivity contribution in [1.82, 2.24) is 0 Å². The smallest absolute Gasteiger partial charge is 0.200 e. The van der Waals surface area contributed by atoms with Gasteiger partial charge in [-0.3, -0.25) is 0 Å². The predicted octanol–water partition coefficient (Wildman–Crippen LogP) is 6.80. The molecular weight excluding hydrogens is 431 g/mol. The lowest BCUT2D eigenvalue weighted by atomic mass is 10.2. The SMILES string of the molecule is C=Cc1cc(F)c(O)c(F)c1.C=Cc1ccc(F)c(O)c1.C=Cc1ccc(O)c(F)c1F. The molecule has 0 heterocycles. The first-order valence-electron chi connectivity index (χ1n) is 8.76. The van der Waals surface area contributed by atoms with Crippen LogP contribution in [0.3, 0.4) is 0 Å². The molecule has 3 N–H and O–H groups in total. The number of phenols is 3. The Kier molecular flexibility index (Phi) is 9.69. The number of hydrogen-bond donors (Lipinski definition) is 3. The van der Waals surface area contributed by atoms with Gasteiger partial charge in [0.05, 0.1) is 0 Å². The van der Waals surface area contributed by atoms with Crippen LogP contribution >= 0.6 is 0 Å². The van der Waals surface area contributed by atoms with Crippen molar-refractivity contribution in [3.63, 3.8) is 0 Å². The molecule has 0 saturated heterocycles. The fourth-order valence-corrected chi connectivity index (χ4v) is 2.07. The van der Waals surface area contributed by atoms with Crippen molar-refractivity contribution < 1.29 is 37.3 Å². The molecule has 0 aliphatic carbocycles. The van der Waals surface area contributed by atoms with Crippen molar-refractivity contribution in [3.05, 3.63) is 108 Å². The normalized spacial score (nSPS) is 9.53. The Morgan fingerprint density at radius 1 is 0.562 bits per heavy atom. The van der Waals surface area contributed by atoms with E-state index in [4.69, 9.17) is 15.3 Å². The number of hydrogen-bond acceptors (Lipinski definition) is 3. The van der Waals surface area contributed by atoms with Crippen LogP contribution in [0, 0.1) is 29.1 Å². The zero-order valence-corrected chi connectivity index (χ0v) is 16.6. The first-order valence-corrected chi connectivity index (χ1v) is 8.76. The Morgan fingerprint density at radius 2 is 1.12 bits per heavy atom. The number of aromatic hydroxyl groups is 3. The lowest BCUT2D eigenvalue weighted by Crippen LogP contribution is -1.87. The van der Waals surface area contributed by atoms with E-state index in [0.717, 1.165) is 18.2 Å². The van der Waals surface area contributed by atoms with E-state index in [1.165, 1.54) is 30.4 Å². The van der Waals surface area contributed by atoms with Crippen LogP contribution in [0.4, 0.5) is 22.0 Å². The fourth-order valence-electron chi connectivity index (χ4n) is 2.07. The lowest BCUT2D eigenvalue weighted by molar-refractivity contribution is 0.396. The minimum Gasteiger partial charge on any atom is -0.505 e. The van der Waals surface area contributed by atoms with Crippen LogP contribution < -0.4 is 0 Å². The maximum atomic E-state index is 12.7. The van der Waals surface area contributed by atoms with Gasteiger partial charge >= 0.3 is 0 Å². The molecule has 168 valence electrons. The third-order valence-corrected chi connectivity index (χ3v) is 3.79. The summed E-state index contributed by atoms with van der Waals surface area (Å²) in [6.07, 6.45) is 4.02. The molecule has 0 bridgehead atoms. The number of benzene rings is 3. The Bertz CT molecular complexity index is 1100. The third kappa shape index (κ3) is 7.02. The van der Waals surface area contributed by atoms with Crippen LogP contribution in [0.15, 0.2) is 62.2 Å². The maximum absolute atomic E-state index is 12.7. The van der Waals surface area contributed by atoms with E-state index in [-0.39, 0.29) is 11.3 Å². The van der Waals surface area contributed by atoms with E-state index in [9.17, 15) is 22.0 Å². The first-order chi connectivity index (χ1) is 15.0. The van der Waals surface area contributed by atoms with Crippen molar-refractivity contribution >= 4 is 18.2 Å². The summed E-state index contributed by atoms with van der Waals surface area (Å²) in [7, 11) is 0. The van der Waals surface area contributed by atoms with Gasteiger partial charge in [0.2, 0.25) is 5.82 Å². The largest absolute Gasteiger partial charge is 0.505 e.